The van der Waals surface area contributed by atoms with Crippen LogP contribution in [-0.2, 0) is 14.8 Å². The monoisotopic (exact) mass is 284 g/mol. The number of nitrogens with one attached hydrogen (secondary N) is 2. The lowest BCUT2D eigenvalue weighted by atomic mass is 10.1. The fourth-order valence-electron chi connectivity index (χ4n) is 1.73. The third kappa shape index (κ3) is 2.57. The Morgan fingerprint density at radius 3 is 2.68 bits per heavy atom. The van der Waals surface area contributed by atoms with Gasteiger partial charge >= 0.3 is 0 Å². The van der Waals surface area contributed by atoms with Gasteiger partial charge < -0.3 is 10.1 Å². The number of benzene rings is 1. The molecule has 104 valence electrons. The molecule has 0 radical (unpaired) electrons. The van der Waals surface area contributed by atoms with Gasteiger partial charge in [0, 0.05) is 6.54 Å². The van der Waals surface area contributed by atoms with Crippen LogP contribution in [0.15, 0.2) is 23.1 Å². The Hall–Kier alpha value is -1.60. The van der Waals surface area contributed by atoms with Gasteiger partial charge in [0.15, 0.2) is 5.60 Å². The molecule has 1 amide bonds. The minimum Gasteiger partial charge on any atom is -0.476 e. The van der Waals surface area contributed by atoms with Crippen LogP contribution in [0, 0.1) is 0 Å². The molecule has 6 nitrogen and oxygen atoms in total. The van der Waals surface area contributed by atoms with Crippen LogP contribution in [-0.4, -0.2) is 26.5 Å². The number of anilines is 1. The molecule has 0 saturated heterocycles. The Morgan fingerprint density at radius 1 is 1.37 bits per heavy atom. The van der Waals surface area contributed by atoms with E-state index in [4.69, 9.17) is 4.74 Å². The highest BCUT2D eigenvalue weighted by atomic mass is 32.2. The fraction of sp³-hybridized carbons (Fsp3) is 0.417. The molecule has 1 aromatic rings. The van der Waals surface area contributed by atoms with E-state index in [-0.39, 0.29) is 10.8 Å². The van der Waals surface area contributed by atoms with Crippen LogP contribution in [0.5, 0.6) is 5.75 Å². The van der Waals surface area contributed by atoms with Crippen LogP contribution >= 0.6 is 0 Å². The molecule has 19 heavy (non-hydrogen) atoms. The Labute approximate surface area is 112 Å². The van der Waals surface area contributed by atoms with Gasteiger partial charge in [-0.2, -0.15) is 0 Å². The molecule has 0 spiro atoms. The number of hydrogen-bond acceptors (Lipinski definition) is 4. The average Bonchev–Trinajstić information content (AvgIpc) is 2.29. The number of hydrogen-bond donors (Lipinski definition) is 2. The van der Waals surface area contributed by atoms with Crippen molar-refractivity contribution in [3.63, 3.8) is 0 Å². The summed E-state index contributed by atoms with van der Waals surface area (Å²) in [5, 5.41) is 2.65. The fourth-order valence-corrected chi connectivity index (χ4v) is 2.80. The van der Waals surface area contributed by atoms with Gasteiger partial charge in [-0.15, -0.1) is 0 Å². The maximum Gasteiger partial charge on any atom is 0.268 e. The molecule has 2 N–H and O–H groups in total. The van der Waals surface area contributed by atoms with E-state index in [1.54, 1.807) is 26.8 Å². The second-order valence-corrected chi connectivity index (χ2v) is 6.49. The molecule has 1 aromatic carbocycles. The largest absolute Gasteiger partial charge is 0.476 e. The summed E-state index contributed by atoms with van der Waals surface area (Å²) in [6.07, 6.45) is 0. The van der Waals surface area contributed by atoms with Crippen molar-refractivity contribution in [3.8, 4) is 5.75 Å². The summed E-state index contributed by atoms with van der Waals surface area (Å²) in [7, 11) is -3.55. The predicted octanol–water partition coefficient (Wildman–Crippen LogP) is 1.09. The van der Waals surface area contributed by atoms with Gasteiger partial charge in [-0.3, -0.25) is 4.79 Å². The van der Waals surface area contributed by atoms with Crippen LogP contribution in [0.4, 0.5) is 5.69 Å². The van der Waals surface area contributed by atoms with Crippen molar-refractivity contribution in [1.82, 2.24) is 4.72 Å². The first kappa shape index (κ1) is 13.8. The van der Waals surface area contributed by atoms with Crippen LogP contribution in [0.1, 0.15) is 20.8 Å². The quantitative estimate of drug-likeness (QED) is 0.870. The summed E-state index contributed by atoms with van der Waals surface area (Å²) in [6, 6.07) is 4.38. The van der Waals surface area contributed by atoms with E-state index in [0.717, 1.165) is 0 Å². The lowest BCUT2D eigenvalue weighted by Gasteiger charge is -2.31. The van der Waals surface area contributed by atoms with E-state index in [9.17, 15) is 13.2 Å². The normalized spacial score (nSPS) is 17.3. The number of carbonyl (C=O) groups excluding carboxylic acids is 1. The first-order valence-electron chi connectivity index (χ1n) is 5.90. The molecule has 0 saturated carbocycles. The van der Waals surface area contributed by atoms with E-state index in [0.29, 0.717) is 18.0 Å². The second kappa shape index (κ2) is 4.50. The third-order valence-corrected chi connectivity index (χ3v) is 4.30. The lowest BCUT2D eigenvalue weighted by Crippen LogP contribution is -2.45. The Bertz CT molecular complexity index is 623. The highest BCUT2D eigenvalue weighted by Crippen LogP contribution is 2.34. The summed E-state index contributed by atoms with van der Waals surface area (Å²) in [5.74, 6) is 0.151. The maximum absolute atomic E-state index is 11.9. The maximum atomic E-state index is 11.9. The number of sulfonamides is 1. The molecular formula is C12H16N2O4S. The summed E-state index contributed by atoms with van der Waals surface area (Å²) in [6.45, 7) is 5.29. The molecule has 0 atom stereocenters. The minimum absolute atomic E-state index is 0.0942. The first-order chi connectivity index (χ1) is 8.76. The van der Waals surface area contributed by atoms with E-state index < -0.39 is 15.6 Å². The molecular weight excluding hydrogens is 268 g/mol. The van der Waals surface area contributed by atoms with Crippen molar-refractivity contribution in [2.45, 2.75) is 31.3 Å². The molecule has 0 aromatic heterocycles. The predicted molar refractivity (Wildman–Crippen MR) is 70.6 cm³/mol. The van der Waals surface area contributed by atoms with Crippen LogP contribution in [0.2, 0.25) is 0 Å². The molecule has 0 unspecified atom stereocenters. The third-order valence-electron chi connectivity index (χ3n) is 2.76. The number of carbonyl (C=O) groups is 1. The molecule has 1 aliphatic rings. The summed E-state index contributed by atoms with van der Waals surface area (Å²) >= 11 is 0. The van der Waals surface area contributed by atoms with Gasteiger partial charge in [-0.05, 0) is 32.0 Å². The van der Waals surface area contributed by atoms with Crippen molar-refractivity contribution in [3.05, 3.63) is 18.2 Å². The highest BCUT2D eigenvalue weighted by molar-refractivity contribution is 7.89. The van der Waals surface area contributed by atoms with Gasteiger partial charge in [0.1, 0.15) is 5.75 Å². The van der Waals surface area contributed by atoms with Gasteiger partial charge in [0.25, 0.3) is 5.91 Å². The number of fused-ring (bicyclic) bond motifs is 1. The number of ether oxygens (including phenoxy) is 1. The zero-order chi connectivity index (χ0) is 14.3. The molecule has 7 heteroatoms. The van der Waals surface area contributed by atoms with E-state index >= 15 is 0 Å². The molecule has 2 rings (SSSR count). The second-order valence-electron chi connectivity index (χ2n) is 4.73. The number of rotatable bonds is 3. The van der Waals surface area contributed by atoms with E-state index in [2.05, 4.69) is 10.0 Å². The van der Waals surface area contributed by atoms with Gasteiger partial charge in [-0.25, -0.2) is 13.1 Å². The lowest BCUT2D eigenvalue weighted by molar-refractivity contribution is -0.129. The molecule has 0 aliphatic carbocycles. The molecule has 0 bridgehead atoms. The minimum atomic E-state index is -3.55. The zero-order valence-electron chi connectivity index (χ0n) is 11.0. The van der Waals surface area contributed by atoms with Gasteiger partial charge in [0.05, 0.1) is 10.6 Å². The van der Waals surface area contributed by atoms with E-state index in [1.165, 1.54) is 12.1 Å². The van der Waals surface area contributed by atoms with Crippen LogP contribution in [0.3, 0.4) is 0 Å². The van der Waals surface area contributed by atoms with E-state index in [1.807, 2.05) is 0 Å². The summed E-state index contributed by atoms with van der Waals surface area (Å²) < 4.78 is 31.6. The standard InChI is InChI=1S/C12H16N2O4S/c1-4-13-19(16,17)8-5-6-10-9(7-8)14-11(15)12(2,3)18-10/h5-7,13H,4H2,1-3H3,(H,14,15). The van der Waals surface area contributed by atoms with Crippen molar-refractivity contribution in [2.24, 2.45) is 0 Å². The first-order valence-corrected chi connectivity index (χ1v) is 7.39. The summed E-state index contributed by atoms with van der Waals surface area (Å²) in [4.78, 5) is 11.9. The Morgan fingerprint density at radius 2 is 2.05 bits per heavy atom. The van der Waals surface area contributed by atoms with Crippen LogP contribution < -0.4 is 14.8 Å². The van der Waals surface area contributed by atoms with Crippen LogP contribution in [0.25, 0.3) is 0 Å². The van der Waals surface area contributed by atoms with Crippen molar-refractivity contribution >= 4 is 21.6 Å². The van der Waals surface area contributed by atoms with Gasteiger partial charge in [0.2, 0.25) is 10.0 Å². The van der Waals surface area contributed by atoms with Crippen molar-refractivity contribution in [1.29, 1.82) is 0 Å². The smallest absolute Gasteiger partial charge is 0.268 e. The average molecular weight is 284 g/mol. The molecule has 1 aliphatic heterocycles. The van der Waals surface area contributed by atoms with Crippen molar-refractivity contribution in [2.75, 3.05) is 11.9 Å². The summed E-state index contributed by atoms with van der Waals surface area (Å²) in [5.41, 5.74) is -0.599. The molecule has 1 heterocycles. The van der Waals surface area contributed by atoms with Gasteiger partial charge in [-0.1, -0.05) is 6.92 Å². The van der Waals surface area contributed by atoms with Crippen molar-refractivity contribution < 1.29 is 17.9 Å². The molecule has 0 fully saturated rings. The Balaban J connectivity index is 2.42. The Kier molecular flexibility index (Phi) is 3.27. The SMILES string of the molecule is CCNS(=O)(=O)c1ccc2c(c1)NC(=O)C(C)(C)O2. The highest BCUT2D eigenvalue weighted by Gasteiger charge is 2.35. The topological polar surface area (TPSA) is 84.5 Å². The number of amides is 1. The zero-order valence-corrected chi connectivity index (χ0v) is 11.8.